The van der Waals surface area contributed by atoms with Crippen LogP contribution >= 0.6 is 11.3 Å². The molecule has 0 bridgehead atoms. The first-order valence-electron chi connectivity index (χ1n) is 8.08. The van der Waals surface area contributed by atoms with E-state index in [9.17, 15) is 4.79 Å². The number of anilines is 1. The summed E-state index contributed by atoms with van der Waals surface area (Å²) in [5.74, 6) is 1.50. The van der Waals surface area contributed by atoms with Crippen molar-refractivity contribution in [2.24, 2.45) is 0 Å². The number of carbonyl (C=O) groups is 1. The number of amides is 1. The average Bonchev–Trinajstić information content (AvgIpc) is 3.01. The Morgan fingerprint density at radius 1 is 1.25 bits per heavy atom. The van der Waals surface area contributed by atoms with Gasteiger partial charge in [-0.15, -0.1) is 11.3 Å². The first-order valence-corrected chi connectivity index (χ1v) is 8.96. The highest BCUT2D eigenvalue weighted by Gasteiger charge is 2.24. The second kappa shape index (κ2) is 6.20. The molecule has 0 radical (unpaired) electrons. The zero-order valence-corrected chi connectivity index (χ0v) is 14.2. The lowest BCUT2D eigenvalue weighted by Crippen LogP contribution is -2.44. The van der Waals surface area contributed by atoms with Gasteiger partial charge in [-0.1, -0.05) is 30.3 Å². The Balaban J connectivity index is 1.81. The van der Waals surface area contributed by atoms with Crippen molar-refractivity contribution in [3.8, 4) is 11.1 Å². The molecule has 0 spiro atoms. The van der Waals surface area contributed by atoms with Crippen LogP contribution in [-0.4, -0.2) is 28.5 Å². The number of carbonyl (C=O) groups excluding carboxylic acids is 1. The number of nitrogens with one attached hydrogen (secondary N) is 2. The molecule has 1 fully saturated rings. The van der Waals surface area contributed by atoms with Crippen molar-refractivity contribution in [2.75, 3.05) is 11.9 Å². The first kappa shape index (κ1) is 15.1. The van der Waals surface area contributed by atoms with Crippen molar-refractivity contribution >= 4 is 33.3 Å². The molecule has 0 aliphatic carbocycles. The minimum atomic E-state index is -0.236. The Hall–Kier alpha value is -2.47. The van der Waals surface area contributed by atoms with Crippen LogP contribution in [-0.2, 0) is 4.79 Å². The molecule has 0 saturated carbocycles. The van der Waals surface area contributed by atoms with Crippen LogP contribution in [0.3, 0.4) is 0 Å². The van der Waals surface area contributed by atoms with Gasteiger partial charge in [0.25, 0.3) is 0 Å². The van der Waals surface area contributed by atoms with Gasteiger partial charge >= 0.3 is 0 Å². The van der Waals surface area contributed by atoms with Crippen LogP contribution in [0.1, 0.15) is 18.7 Å². The predicted octanol–water partition coefficient (Wildman–Crippen LogP) is 3.36. The number of thiophene rings is 1. The van der Waals surface area contributed by atoms with E-state index in [1.54, 1.807) is 11.3 Å². The van der Waals surface area contributed by atoms with E-state index < -0.39 is 0 Å². The molecule has 1 saturated heterocycles. The van der Waals surface area contributed by atoms with E-state index in [2.05, 4.69) is 38.1 Å². The van der Waals surface area contributed by atoms with Crippen LogP contribution in [0.25, 0.3) is 21.3 Å². The normalized spacial score (nSPS) is 17.7. The molecule has 2 N–H and O–H groups in total. The van der Waals surface area contributed by atoms with E-state index in [4.69, 9.17) is 0 Å². The Bertz CT molecular complexity index is 891. The smallest absolute Gasteiger partial charge is 0.242 e. The Labute approximate surface area is 144 Å². The van der Waals surface area contributed by atoms with Crippen LogP contribution in [0.4, 0.5) is 5.82 Å². The SMILES string of the molecule is Cc1nc(N[C@H]2CCCNC2=O)c2c(-c3ccccc3)csc2n1. The maximum atomic E-state index is 12.1. The molecule has 1 aliphatic rings. The van der Waals surface area contributed by atoms with Gasteiger partial charge in [-0.05, 0) is 25.3 Å². The van der Waals surface area contributed by atoms with Gasteiger partial charge in [0.15, 0.2) is 0 Å². The topological polar surface area (TPSA) is 66.9 Å². The molecule has 1 amide bonds. The van der Waals surface area contributed by atoms with Crippen molar-refractivity contribution in [2.45, 2.75) is 25.8 Å². The first-order chi connectivity index (χ1) is 11.7. The van der Waals surface area contributed by atoms with Crippen molar-refractivity contribution in [1.29, 1.82) is 0 Å². The molecule has 1 aromatic carbocycles. The fourth-order valence-electron chi connectivity index (χ4n) is 3.06. The van der Waals surface area contributed by atoms with Gasteiger partial charge in [0, 0.05) is 17.5 Å². The van der Waals surface area contributed by atoms with Crippen molar-refractivity contribution < 1.29 is 4.79 Å². The summed E-state index contributed by atoms with van der Waals surface area (Å²) in [5.41, 5.74) is 2.24. The van der Waals surface area contributed by atoms with Crippen LogP contribution in [0.2, 0.25) is 0 Å². The van der Waals surface area contributed by atoms with E-state index in [-0.39, 0.29) is 11.9 Å². The molecular weight excluding hydrogens is 320 g/mol. The lowest BCUT2D eigenvalue weighted by molar-refractivity contribution is -0.123. The van der Waals surface area contributed by atoms with Gasteiger partial charge in [-0.25, -0.2) is 9.97 Å². The van der Waals surface area contributed by atoms with Gasteiger partial charge < -0.3 is 10.6 Å². The number of hydrogen-bond acceptors (Lipinski definition) is 5. The maximum Gasteiger partial charge on any atom is 0.242 e. The summed E-state index contributed by atoms with van der Waals surface area (Å²) in [4.78, 5) is 22.2. The third-order valence-corrected chi connectivity index (χ3v) is 5.10. The number of piperidine rings is 1. The van der Waals surface area contributed by atoms with Gasteiger partial charge in [-0.3, -0.25) is 4.79 Å². The van der Waals surface area contributed by atoms with Crippen molar-refractivity contribution in [1.82, 2.24) is 15.3 Å². The van der Waals surface area contributed by atoms with Crippen LogP contribution in [0.15, 0.2) is 35.7 Å². The van der Waals surface area contributed by atoms with Crippen molar-refractivity contribution in [3.05, 3.63) is 41.5 Å². The lowest BCUT2D eigenvalue weighted by Gasteiger charge is -2.23. The summed E-state index contributed by atoms with van der Waals surface area (Å²) in [6, 6.07) is 9.98. The molecule has 5 nitrogen and oxygen atoms in total. The van der Waals surface area contributed by atoms with E-state index in [0.717, 1.165) is 46.5 Å². The second-order valence-corrected chi connectivity index (χ2v) is 6.80. The fraction of sp³-hybridized carbons (Fsp3) is 0.278. The summed E-state index contributed by atoms with van der Waals surface area (Å²) in [6.45, 7) is 2.64. The van der Waals surface area contributed by atoms with Crippen LogP contribution < -0.4 is 10.6 Å². The molecule has 1 atom stereocenters. The number of aromatic nitrogens is 2. The summed E-state index contributed by atoms with van der Waals surface area (Å²) in [5, 5.41) is 9.37. The lowest BCUT2D eigenvalue weighted by atomic mass is 10.0. The van der Waals surface area contributed by atoms with Crippen LogP contribution in [0.5, 0.6) is 0 Å². The third-order valence-electron chi connectivity index (χ3n) is 4.23. The maximum absolute atomic E-state index is 12.1. The zero-order valence-electron chi connectivity index (χ0n) is 13.4. The van der Waals surface area contributed by atoms with Gasteiger partial charge in [0.2, 0.25) is 5.91 Å². The summed E-state index contributed by atoms with van der Waals surface area (Å²) < 4.78 is 0. The largest absolute Gasteiger partial charge is 0.358 e. The molecule has 6 heteroatoms. The van der Waals surface area contributed by atoms with E-state index in [0.29, 0.717) is 5.82 Å². The molecule has 122 valence electrons. The van der Waals surface area contributed by atoms with Crippen LogP contribution in [0, 0.1) is 6.92 Å². The monoisotopic (exact) mass is 338 g/mol. The highest BCUT2D eigenvalue weighted by atomic mass is 32.1. The predicted molar refractivity (Wildman–Crippen MR) is 97.2 cm³/mol. The summed E-state index contributed by atoms with van der Waals surface area (Å²) in [7, 11) is 0. The van der Waals surface area contributed by atoms with Gasteiger partial charge in [0.1, 0.15) is 22.5 Å². The quantitative estimate of drug-likeness (QED) is 0.768. The van der Waals surface area contributed by atoms with Gasteiger partial charge in [0.05, 0.1) is 5.39 Å². The number of fused-ring (bicyclic) bond motifs is 1. The molecule has 4 rings (SSSR count). The molecule has 3 heterocycles. The number of benzene rings is 1. The minimum Gasteiger partial charge on any atom is -0.358 e. The molecule has 24 heavy (non-hydrogen) atoms. The number of aryl methyl sites for hydroxylation is 1. The molecular formula is C18H18N4OS. The second-order valence-electron chi connectivity index (χ2n) is 5.95. The summed E-state index contributed by atoms with van der Waals surface area (Å²) >= 11 is 1.61. The summed E-state index contributed by atoms with van der Waals surface area (Å²) in [6.07, 6.45) is 1.80. The van der Waals surface area contributed by atoms with Crippen molar-refractivity contribution in [3.63, 3.8) is 0 Å². The van der Waals surface area contributed by atoms with Gasteiger partial charge in [-0.2, -0.15) is 0 Å². The zero-order chi connectivity index (χ0) is 16.5. The van der Waals surface area contributed by atoms with E-state index >= 15 is 0 Å². The molecule has 0 unspecified atom stereocenters. The Kier molecular flexibility index (Phi) is 3.90. The number of rotatable bonds is 3. The highest BCUT2D eigenvalue weighted by molar-refractivity contribution is 7.17. The Morgan fingerprint density at radius 2 is 2.08 bits per heavy atom. The minimum absolute atomic E-state index is 0.0437. The third kappa shape index (κ3) is 2.73. The highest BCUT2D eigenvalue weighted by Crippen LogP contribution is 2.37. The number of nitrogens with zero attached hydrogens (tertiary/aromatic N) is 2. The fourth-order valence-corrected chi connectivity index (χ4v) is 4.05. The Morgan fingerprint density at radius 3 is 2.88 bits per heavy atom. The molecule has 2 aromatic heterocycles. The molecule has 1 aliphatic heterocycles. The van der Waals surface area contributed by atoms with E-state index in [1.807, 2.05) is 25.1 Å². The average molecular weight is 338 g/mol. The van der Waals surface area contributed by atoms with E-state index in [1.165, 1.54) is 0 Å². The molecule has 3 aromatic rings. The standard InChI is InChI=1S/C18H18N4OS/c1-11-20-16(22-14-8-5-9-19-17(14)23)15-13(10-24-18(15)21-11)12-6-3-2-4-7-12/h2-4,6-7,10,14H,5,8-9H2,1H3,(H,19,23)(H,20,21,22)/t14-/m0/s1. The number of hydrogen-bond donors (Lipinski definition) is 2.